The zero-order valence-corrected chi connectivity index (χ0v) is 16.5. The second-order valence-corrected chi connectivity index (χ2v) is 7.74. The Morgan fingerprint density at radius 1 is 1.00 bits per heavy atom. The fraction of sp³-hybridized carbons (Fsp3) is 0.130. The van der Waals surface area contributed by atoms with Crippen molar-refractivity contribution < 1.29 is 9.18 Å². The van der Waals surface area contributed by atoms with E-state index in [4.69, 9.17) is 4.98 Å². The van der Waals surface area contributed by atoms with Gasteiger partial charge in [-0.2, -0.15) is 0 Å². The summed E-state index contributed by atoms with van der Waals surface area (Å²) in [5.41, 5.74) is 4.40. The highest BCUT2D eigenvalue weighted by Gasteiger charge is 2.23. The monoisotopic (exact) mass is 390 g/mol. The number of amides is 1. The molecule has 1 aromatic heterocycles. The predicted molar refractivity (Wildman–Crippen MR) is 112 cm³/mol. The molecule has 0 spiro atoms. The van der Waals surface area contributed by atoms with E-state index >= 15 is 0 Å². The summed E-state index contributed by atoms with van der Waals surface area (Å²) >= 11 is 1.49. The molecular weight excluding hydrogens is 371 g/mol. The lowest BCUT2D eigenvalue weighted by atomic mass is 10.1. The van der Waals surface area contributed by atoms with Gasteiger partial charge < -0.3 is 0 Å². The zero-order chi connectivity index (χ0) is 19.7. The third kappa shape index (κ3) is 3.53. The molecule has 0 saturated carbocycles. The number of nitrogens with zero attached hydrogens (tertiary/aromatic N) is 2. The Balaban J connectivity index is 1.82. The van der Waals surface area contributed by atoms with Crippen LogP contribution in [0.3, 0.4) is 0 Å². The van der Waals surface area contributed by atoms with Crippen molar-refractivity contribution in [2.75, 3.05) is 4.90 Å². The molecule has 3 nitrogen and oxygen atoms in total. The average Bonchev–Trinajstić information content (AvgIpc) is 3.16. The third-order valence-corrected chi connectivity index (χ3v) is 5.88. The van der Waals surface area contributed by atoms with Gasteiger partial charge in [-0.1, -0.05) is 59.9 Å². The number of thiazole rings is 1. The molecule has 0 saturated heterocycles. The minimum atomic E-state index is -0.429. The topological polar surface area (TPSA) is 33.2 Å². The van der Waals surface area contributed by atoms with Crippen molar-refractivity contribution in [3.05, 3.63) is 94.8 Å². The van der Waals surface area contributed by atoms with Gasteiger partial charge >= 0.3 is 0 Å². The maximum atomic E-state index is 13.7. The van der Waals surface area contributed by atoms with E-state index in [0.29, 0.717) is 17.2 Å². The minimum absolute atomic E-state index is 0.266. The van der Waals surface area contributed by atoms with Crippen LogP contribution in [0, 0.1) is 19.7 Å². The Hall–Kier alpha value is -3.05. The van der Waals surface area contributed by atoms with Gasteiger partial charge in [0.25, 0.3) is 5.91 Å². The smallest absolute Gasteiger partial charge is 0.260 e. The molecule has 0 fully saturated rings. The van der Waals surface area contributed by atoms with Crippen LogP contribution in [0.4, 0.5) is 9.52 Å². The lowest BCUT2D eigenvalue weighted by Gasteiger charge is -2.20. The molecule has 0 radical (unpaired) electrons. The molecule has 4 rings (SSSR count). The Labute approximate surface area is 167 Å². The first-order chi connectivity index (χ1) is 13.5. The Morgan fingerprint density at radius 3 is 2.46 bits per heavy atom. The van der Waals surface area contributed by atoms with Crippen molar-refractivity contribution in [2.45, 2.75) is 20.4 Å². The van der Waals surface area contributed by atoms with Crippen LogP contribution in [0.25, 0.3) is 10.2 Å². The summed E-state index contributed by atoms with van der Waals surface area (Å²) in [6.07, 6.45) is 0. The third-order valence-electron chi connectivity index (χ3n) is 4.66. The van der Waals surface area contributed by atoms with E-state index in [-0.39, 0.29) is 5.91 Å². The summed E-state index contributed by atoms with van der Waals surface area (Å²) in [6.45, 7) is 4.43. The maximum absolute atomic E-state index is 13.7. The van der Waals surface area contributed by atoms with Gasteiger partial charge in [-0.3, -0.25) is 9.69 Å². The molecule has 4 aromatic rings. The number of rotatable bonds is 4. The molecule has 3 aromatic carbocycles. The van der Waals surface area contributed by atoms with E-state index in [1.807, 2.05) is 50.2 Å². The number of carbonyl (C=O) groups excluding carboxylic acids is 1. The summed E-state index contributed by atoms with van der Waals surface area (Å²) in [5.74, 6) is -0.695. The second kappa shape index (κ2) is 7.52. The van der Waals surface area contributed by atoms with Crippen LogP contribution in [-0.2, 0) is 6.54 Å². The van der Waals surface area contributed by atoms with Crippen LogP contribution < -0.4 is 4.90 Å². The highest BCUT2D eigenvalue weighted by Crippen LogP contribution is 2.34. The van der Waals surface area contributed by atoms with E-state index < -0.39 is 5.82 Å². The maximum Gasteiger partial charge on any atom is 0.260 e. The van der Waals surface area contributed by atoms with E-state index in [1.165, 1.54) is 23.5 Å². The largest absolute Gasteiger partial charge is 0.279 e. The molecule has 0 unspecified atom stereocenters. The van der Waals surface area contributed by atoms with Gasteiger partial charge in [-0.05, 0) is 48.7 Å². The highest BCUT2D eigenvalue weighted by atomic mass is 32.1. The number of carbonyl (C=O) groups is 1. The molecule has 1 heterocycles. The van der Waals surface area contributed by atoms with E-state index in [0.717, 1.165) is 26.9 Å². The number of hydrogen-bond donors (Lipinski definition) is 0. The van der Waals surface area contributed by atoms with Gasteiger partial charge in [0, 0.05) is 5.56 Å². The lowest BCUT2D eigenvalue weighted by Crippen LogP contribution is -2.30. The summed E-state index contributed by atoms with van der Waals surface area (Å²) in [6, 6.07) is 19.6. The van der Waals surface area contributed by atoms with E-state index in [1.54, 1.807) is 17.0 Å². The molecule has 0 aliphatic rings. The molecular formula is C23H19FN2OS. The minimum Gasteiger partial charge on any atom is -0.279 e. The standard InChI is InChI=1S/C23H19FN2OS/c1-15-11-12-16(2)21-20(15)25-23(28-21)26(14-17-7-4-3-5-8-17)22(27)18-9-6-10-19(24)13-18/h3-13H,14H2,1-2H3. The van der Waals surface area contributed by atoms with Crippen molar-refractivity contribution in [2.24, 2.45) is 0 Å². The molecule has 1 amide bonds. The molecule has 0 N–H and O–H groups in total. The lowest BCUT2D eigenvalue weighted by molar-refractivity contribution is 0.0984. The first kappa shape index (κ1) is 18.3. The SMILES string of the molecule is Cc1ccc(C)c2sc(N(Cc3ccccc3)C(=O)c3cccc(F)c3)nc12. The Morgan fingerprint density at radius 2 is 1.75 bits per heavy atom. The number of fused-ring (bicyclic) bond motifs is 1. The summed E-state index contributed by atoms with van der Waals surface area (Å²) in [5, 5.41) is 0.616. The summed E-state index contributed by atoms with van der Waals surface area (Å²) < 4.78 is 14.8. The normalized spacial score (nSPS) is 11.0. The van der Waals surface area contributed by atoms with E-state index in [2.05, 4.69) is 6.07 Å². The predicted octanol–water partition coefficient (Wildman–Crippen LogP) is 5.90. The van der Waals surface area contributed by atoms with Crippen LogP contribution >= 0.6 is 11.3 Å². The number of halogens is 1. The molecule has 0 bridgehead atoms. The van der Waals surface area contributed by atoms with Gasteiger partial charge in [0.1, 0.15) is 5.82 Å². The highest BCUT2D eigenvalue weighted by molar-refractivity contribution is 7.22. The fourth-order valence-corrected chi connectivity index (χ4v) is 4.24. The van der Waals surface area contributed by atoms with Crippen molar-refractivity contribution in [1.29, 1.82) is 0 Å². The van der Waals surface area contributed by atoms with Gasteiger partial charge in [0.05, 0.1) is 16.8 Å². The van der Waals surface area contributed by atoms with Crippen molar-refractivity contribution in [3.8, 4) is 0 Å². The van der Waals surface area contributed by atoms with Crippen molar-refractivity contribution >= 4 is 32.6 Å². The first-order valence-corrected chi connectivity index (χ1v) is 9.82. The second-order valence-electron chi connectivity index (χ2n) is 6.76. The van der Waals surface area contributed by atoms with Crippen molar-refractivity contribution in [1.82, 2.24) is 4.98 Å². The molecule has 28 heavy (non-hydrogen) atoms. The Bertz CT molecular complexity index is 1110. The van der Waals surface area contributed by atoms with Crippen LogP contribution in [0.15, 0.2) is 66.7 Å². The van der Waals surface area contributed by atoms with Gasteiger partial charge in [0.15, 0.2) is 5.13 Å². The Kier molecular flexibility index (Phi) is 4.92. The molecule has 5 heteroatoms. The van der Waals surface area contributed by atoms with Gasteiger partial charge in [0.2, 0.25) is 0 Å². The molecule has 0 aliphatic heterocycles. The number of aromatic nitrogens is 1. The summed E-state index contributed by atoms with van der Waals surface area (Å²) in [4.78, 5) is 19.7. The fourth-order valence-electron chi connectivity index (χ4n) is 3.13. The number of benzene rings is 3. The average molecular weight is 390 g/mol. The van der Waals surface area contributed by atoms with Gasteiger partial charge in [-0.25, -0.2) is 9.37 Å². The summed E-state index contributed by atoms with van der Waals surface area (Å²) in [7, 11) is 0. The van der Waals surface area contributed by atoms with Crippen molar-refractivity contribution in [3.63, 3.8) is 0 Å². The van der Waals surface area contributed by atoms with Gasteiger partial charge in [-0.15, -0.1) is 0 Å². The van der Waals surface area contributed by atoms with E-state index in [9.17, 15) is 9.18 Å². The zero-order valence-electron chi connectivity index (χ0n) is 15.6. The van der Waals surface area contributed by atoms with Crippen LogP contribution in [-0.4, -0.2) is 10.9 Å². The number of aryl methyl sites for hydroxylation is 2. The van der Waals surface area contributed by atoms with Crippen LogP contribution in [0.5, 0.6) is 0 Å². The van der Waals surface area contributed by atoms with Crippen LogP contribution in [0.1, 0.15) is 27.0 Å². The molecule has 0 atom stereocenters. The molecule has 140 valence electrons. The number of hydrogen-bond acceptors (Lipinski definition) is 3. The quantitative estimate of drug-likeness (QED) is 0.435. The van der Waals surface area contributed by atoms with Crippen LogP contribution in [0.2, 0.25) is 0 Å². The molecule has 0 aliphatic carbocycles. The first-order valence-electron chi connectivity index (χ1n) is 9.01. The number of anilines is 1.